The molecule has 8 aliphatic rings. The highest BCUT2D eigenvalue weighted by atomic mass is 32.1. The molecule has 0 radical (unpaired) electrons. The molecule has 448 valence electrons. The number of benzene rings is 7. The Morgan fingerprint density at radius 3 is 1.56 bits per heavy atom. The summed E-state index contributed by atoms with van der Waals surface area (Å²) in [6, 6.07) is 44.7. The van der Waals surface area contributed by atoms with E-state index in [1.54, 1.807) is 24.3 Å². The number of rotatable bonds is 10. The third-order valence-corrected chi connectivity index (χ3v) is 24.1. The maximum Gasteiger partial charge on any atom is 0.335 e. The first-order chi connectivity index (χ1) is 44.8. The molecule has 0 amide bonds. The van der Waals surface area contributed by atoms with Crippen LogP contribution in [0.1, 0.15) is 110 Å². The highest BCUT2D eigenvalue weighted by Gasteiger charge is 2.55. The van der Waals surface area contributed by atoms with Gasteiger partial charge in [-0.2, -0.15) is 17.5 Å². The van der Waals surface area contributed by atoms with E-state index in [2.05, 4.69) is 125 Å². The summed E-state index contributed by atoms with van der Waals surface area (Å²) in [6.45, 7) is 1.08. The Balaban J connectivity index is 0.800. The standard InChI is InChI=1S/C73H54N6O8S4/c80-71(81)39-19-27-53-51(33-39)52-34-40(72(82)83)20-28-54(52)73(53,69-65-63(84-29-31-86-65)67(88-69)49-25-23-43(59-61(49)76-90-74-59)37-17-21-47-45-13-7-15-55(45)78(57(47)35-37)41-9-3-1-4-10-41)70-66-64(85-30-32-87-66)68(89-70)50-26-24-44(60-62(50)77-91-75-60)38-18-22-48-46-14-8-16-56(46)79(58(48)36-38)42-11-5-2-6-12-42/h1-6,9-11,17-28,33-36,42,45-46,55-56H,7-8,12-16,29-32H2,(H,80,81)(H,82,83). The van der Waals surface area contributed by atoms with Crippen molar-refractivity contribution in [3.63, 3.8) is 0 Å². The van der Waals surface area contributed by atoms with Crippen LogP contribution in [0.15, 0.2) is 152 Å². The molecule has 5 unspecified atom stereocenters. The van der Waals surface area contributed by atoms with Crippen LogP contribution in [0.25, 0.3) is 76.3 Å². The van der Waals surface area contributed by atoms with E-state index in [1.807, 2.05) is 12.1 Å². The van der Waals surface area contributed by atoms with Crippen molar-refractivity contribution in [2.75, 3.05) is 36.2 Å². The van der Waals surface area contributed by atoms with Gasteiger partial charge in [0.05, 0.1) is 65.5 Å². The molecule has 11 aromatic rings. The van der Waals surface area contributed by atoms with Crippen molar-refractivity contribution in [3.8, 4) is 77.3 Å². The Morgan fingerprint density at radius 1 is 0.505 bits per heavy atom. The first kappa shape index (κ1) is 53.6. The van der Waals surface area contributed by atoms with Gasteiger partial charge in [-0.1, -0.05) is 116 Å². The van der Waals surface area contributed by atoms with Crippen LogP contribution >= 0.6 is 46.1 Å². The van der Waals surface area contributed by atoms with Crippen LogP contribution in [0.5, 0.6) is 23.0 Å². The zero-order chi connectivity index (χ0) is 60.4. The lowest BCUT2D eigenvalue weighted by Crippen LogP contribution is -2.39. The van der Waals surface area contributed by atoms with Crippen molar-refractivity contribution in [1.29, 1.82) is 0 Å². The minimum absolute atomic E-state index is 0.0566. The van der Waals surface area contributed by atoms with Gasteiger partial charge in [0.2, 0.25) is 0 Å². The topological polar surface area (TPSA) is 170 Å². The third kappa shape index (κ3) is 7.73. The fourth-order valence-corrected chi connectivity index (χ4v) is 20.8. The number of hydrogen-bond acceptors (Lipinski definition) is 16. The molecule has 14 nitrogen and oxygen atoms in total. The van der Waals surface area contributed by atoms with Crippen LogP contribution in [0.4, 0.5) is 17.1 Å². The number of aromatic carboxylic acids is 2. The Morgan fingerprint density at radius 2 is 1.01 bits per heavy atom. The van der Waals surface area contributed by atoms with Crippen LogP contribution in [-0.4, -0.2) is 84.2 Å². The summed E-state index contributed by atoms with van der Waals surface area (Å²) in [5, 5.41) is 21.3. The van der Waals surface area contributed by atoms with Crippen molar-refractivity contribution < 1.29 is 38.7 Å². The molecule has 91 heavy (non-hydrogen) atoms. The summed E-state index contributed by atoms with van der Waals surface area (Å²) in [4.78, 5) is 34.4. The fourth-order valence-electron chi connectivity index (χ4n) is 16.7. The van der Waals surface area contributed by atoms with Crippen molar-refractivity contribution >= 4 is 97.2 Å². The van der Waals surface area contributed by atoms with Gasteiger partial charge < -0.3 is 39.0 Å². The predicted molar refractivity (Wildman–Crippen MR) is 358 cm³/mol. The second-order valence-electron chi connectivity index (χ2n) is 24.8. The zero-order valence-electron chi connectivity index (χ0n) is 48.8. The summed E-state index contributed by atoms with van der Waals surface area (Å²) in [7, 11) is 0. The van der Waals surface area contributed by atoms with E-state index in [0.717, 1.165) is 98.9 Å². The largest absolute Gasteiger partial charge is 0.485 e. The van der Waals surface area contributed by atoms with E-state index in [1.165, 1.54) is 106 Å². The van der Waals surface area contributed by atoms with E-state index >= 15 is 0 Å². The van der Waals surface area contributed by atoms with Crippen molar-refractivity contribution in [2.45, 2.75) is 80.3 Å². The molecule has 4 aromatic heterocycles. The molecule has 2 N–H and O–H groups in total. The molecular formula is C73H54N6O8S4. The molecule has 19 rings (SSSR count). The molecule has 0 saturated heterocycles. The quantitative estimate of drug-likeness (QED) is 0.133. The van der Waals surface area contributed by atoms with Gasteiger partial charge in [0, 0.05) is 63.2 Å². The molecule has 4 aliphatic carbocycles. The van der Waals surface area contributed by atoms with Gasteiger partial charge in [-0.05, 0) is 125 Å². The monoisotopic (exact) mass is 1270 g/mol. The van der Waals surface area contributed by atoms with E-state index < -0.39 is 17.4 Å². The fraction of sp³-hybridized carbons (Fsp3) is 0.233. The number of fused-ring (bicyclic) bond motifs is 13. The van der Waals surface area contributed by atoms with Crippen molar-refractivity contribution in [3.05, 3.63) is 195 Å². The minimum atomic E-state index is -1.34. The second kappa shape index (κ2) is 20.4. The van der Waals surface area contributed by atoms with Crippen molar-refractivity contribution in [1.82, 2.24) is 17.5 Å². The van der Waals surface area contributed by atoms with Gasteiger partial charge in [0.25, 0.3) is 0 Å². The summed E-state index contributed by atoms with van der Waals surface area (Å²) in [5.41, 5.74) is 16.7. The minimum Gasteiger partial charge on any atom is -0.485 e. The SMILES string of the molecule is O=C(O)c1ccc2c(c1)-c1cc(C(=O)O)ccc1C2(c1sc(-c2ccc(-c3ccc4c(c3)N(c3ccccc3)C3CCCC43)c3nsnc23)c2c1OCCO2)c1sc(-c2ccc(-c3ccc4c(c3)N(C3C=CC=CC3)C3CCCC43)c3nsnc23)c2c1OCCO2. The van der Waals surface area contributed by atoms with Crippen molar-refractivity contribution in [2.24, 2.45) is 0 Å². The lowest BCUT2D eigenvalue weighted by Gasteiger charge is -2.34. The number of thiophene rings is 2. The van der Waals surface area contributed by atoms with Gasteiger partial charge in [0.1, 0.15) is 48.5 Å². The van der Waals surface area contributed by atoms with Crippen LogP contribution in [0.2, 0.25) is 0 Å². The third-order valence-electron chi connectivity index (χ3n) is 20.4. The number of carbonyl (C=O) groups is 2. The van der Waals surface area contributed by atoms with Gasteiger partial charge in [-0.15, -0.1) is 22.7 Å². The number of ether oxygens (including phenoxy) is 4. The maximum atomic E-state index is 13.0. The van der Waals surface area contributed by atoms with E-state index in [0.29, 0.717) is 64.1 Å². The van der Waals surface area contributed by atoms with E-state index in [4.69, 9.17) is 36.4 Å². The van der Waals surface area contributed by atoms with Gasteiger partial charge in [0.15, 0.2) is 23.0 Å². The molecule has 4 aliphatic heterocycles. The summed E-state index contributed by atoms with van der Waals surface area (Å²) >= 11 is 5.40. The molecular weight excluding hydrogens is 1220 g/mol. The summed E-state index contributed by atoms with van der Waals surface area (Å²) in [5.74, 6) is 0.913. The number of carboxylic acid groups (broad SMARTS) is 2. The van der Waals surface area contributed by atoms with Gasteiger partial charge in [-0.25, -0.2) is 9.59 Å². The predicted octanol–water partition coefficient (Wildman–Crippen LogP) is 16.9. The number of nitrogens with zero attached hydrogens (tertiary/aromatic N) is 6. The number of para-hydroxylation sites is 1. The van der Waals surface area contributed by atoms with Crippen LogP contribution in [0.3, 0.4) is 0 Å². The molecule has 0 spiro atoms. The van der Waals surface area contributed by atoms with Crippen LogP contribution in [0, 0.1) is 0 Å². The zero-order valence-corrected chi connectivity index (χ0v) is 52.0. The molecule has 7 aromatic carbocycles. The van der Waals surface area contributed by atoms with Gasteiger partial charge in [-0.3, -0.25) is 0 Å². The molecule has 0 bridgehead atoms. The number of aromatic nitrogens is 4. The first-order valence-electron chi connectivity index (χ1n) is 31.2. The average molecular weight is 1270 g/mol. The lowest BCUT2D eigenvalue weighted by molar-refractivity contribution is 0.0686. The molecule has 8 heterocycles. The number of hydrogen-bond donors (Lipinski definition) is 2. The van der Waals surface area contributed by atoms with Crippen LogP contribution in [-0.2, 0) is 5.41 Å². The molecule has 2 fully saturated rings. The Labute approximate surface area is 538 Å². The number of allylic oxidation sites excluding steroid dienone is 2. The molecule has 18 heteroatoms. The Kier molecular flexibility index (Phi) is 12.0. The number of anilines is 3. The highest BCUT2D eigenvalue weighted by molar-refractivity contribution is 7.18. The highest BCUT2D eigenvalue weighted by Crippen LogP contribution is 2.69. The Bertz CT molecular complexity index is 4940. The van der Waals surface area contributed by atoms with Crippen LogP contribution < -0.4 is 28.7 Å². The normalized spacial score (nSPS) is 20.9. The summed E-state index contributed by atoms with van der Waals surface area (Å²) in [6.07, 6.45) is 17.1. The lowest BCUT2D eigenvalue weighted by atomic mass is 9.74. The smallest absolute Gasteiger partial charge is 0.335 e. The molecule has 2 saturated carbocycles. The Hall–Kier alpha value is -9.20. The average Bonchev–Trinajstić information content (AvgIpc) is 1.52. The van der Waals surface area contributed by atoms with E-state index in [9.17, 15) is 19.8 Å². The van der Waals surface area contributed by atoms with E-state index in [-0.39, 0.29) is 37.6 Å². The second-order valence-corrected chi connectivity index (χ2v) is 27.9. The maximum absolute atomic E-state index is 13.0. The number of carboxylic acids is 2. The summed E-state index contributed by atoms with van der Waals surface area (Å²) < 4.78 is 47.9. The molecule has 5 atom stereocenters. The first-order valence-corrected chi connectivity index (χ1v) is 34.3. The van der Waals surface area contributed by atoms with Gasteiger partial charge >= 0.3 is 11.9 Å².